The highest BCUT2D eigenvalue weighted by Crippen LogP contribution is 2.15. The molecule has 1 aliphatic rings. The van der Waals surface area contributed by atoms with Crippen LogP contribution < -0.4 is 5.73 Å². The average molecular weight is 254 g/mol. The summed E-state index contributed by atoms with van der Waals surface area (Å²) in [6.45, 7) is 3.65. The fraction of sp³-hybridized carbons (Fsp3) is 0.417. The third kappa shape index (κ3) is 3.00. The van der Waals surface area contributed by atoms with Gasteiger partial charge in [-0.3, -0.25) is 4.90 Å². The quantitative estimate of drug-likeness (QED) is 0.825. The van der Waals surface area contributed by atoms with E-state index in [4.69, 9.17) is 22.7 Å². The van der Waals surface area contributed by atoms with Crippen LogP contribution in [0.25, 0.3) is 0 Å². The molecule has 1 aromatic carbocycles. The van der Waals surface area contributed by atoms with Crippen LogP contribution in [0.1, 0.15) is 11.1 Å². The minimum absolute atomic E-state index is 0.103. The number of nitrogens with zero attached hydrogens (tertiary/aromatic N) is 1. The average Bonchev–Trinajstić information content (AvgIpc) is 2.33. The van der Waals surface area contributed by atoms with Gasteiger partial charge in [0.15, 0.2) is 0 Å². The molecule has 1 aromatic rings. The van der Waals surface area contributed by atoms with Gasteiger partial charge in [-0.15, -0.1) is 0 Å². The van der Waals surface area contributed by atoms with E-state index in [9.17, 15) is 4.39 Å². The molecule has 0 amide bonds. The van der Waals surface area contributed by atoms with Gasteiger partial charge in [0.1, 0.15) is 10.8 Å². The minimum atomic E-state index is -0.300. The molecule has 0 saturated carbocycles. The number of hydrogen-bond donors (Lipinski definition) is 1. The largest absolute Gasteiger partial charge is 0.389 e. The first-order valence-corrected chi connectivity index (χ1v) is 5.96. The lowest BCUT2D eigenvalue weighted by Gasteiger charge is -2.26. The highest BCUT2D eigenvalue weighted by Gasteiger charge is 2.15. The molecule has 0 spiro atoms. The Morgan fingerprint density at radius 1 is 1.41 bits per heavy atom. The Bertz CT molecular complexity index is 419. The summed E-state index contributed by atoms with van der Waals surface area (Å²) in [5, 5.41) is 0. The van der Waals surface area contributed by atoms with Gasteiger partial charge in [-0.25, -0.2) is 4.39 Å². The maximum Gasteiger partial charge on any atom is 0.137 e. The lowest BCUT2D eigenvalue weighted by Crippen LogP contribution is -2.36. The second-order valence-electron chi connectivity index (χ2n) is 4.03. The van der Waals surface area contributed by atoms with Gasteiger partial charge in [0.25, 0.3) is 0 Å². The molecule has 1 aliphatic heterocycles. The molecule has 17 heavy (non-hydrogen) atoms. The van der Waals surface area contributed by atoms with E-state index >= 15 is 0 Å². The number of ether oxygens (including phenoxy) is 1. The Morgan fingerprint density at radius 2 is 2.12 bits per heavy atom. The molecule has 5 heteroatoms. The summed E-state index contributed by atoms with van der Waals surface area (Å²) in [5.41, 5.74) is 6.44. The molecule has 1 heterocycles. The zero-order valence-electron chi connectivity index (χ0n) is 9.49. The summed E-state index contributed by atoms with van der Waals surface area (Å²) in [6, 6.07) is 5.17. The number of nitrogens with two attached hydrogens (primary N) is 1. The molecule has 1 saturated heterocycles. The Hall–Kier alpha value is -1.04. The molecule has 92 valence electrons. The normalized spacial score (nSPS) is 17.0. The van der Waals surface area contributed by atoms with Crippen LogP contribution in [0.15, 0.2) is 18.2 Å². The fourth-order valence-corrected chi connectivity index (χ4v) is 2.05. The summed E-state index contributed by atoms with van der Waals surface area (Å²) >= 11 is 4.82. The SMILES string of the molecule is NC(=S)c1cccc(CN2CCOCC2)c1F. The van der Waals surface area contributed by atoms with E-state index in [0.717, 1.165) is 13.1 Å². The van der Waals surface area contributed by atoms with Gasteiger partial charge in [-0.05, 0) is 6.07 Å². The van der Waals surface area contributed by atoms with Crippen molar-refractivity contribution in [2.45, 2.75) is 6.54 Å². The number of hydrogen-bond acceptors (Lipinski definition) is 3. The Kier molecular flexibility index (Phi) is 4.04. The van der Waals surface area contributed by atoms with Gasteiger partial charge in [-0.1, -0.05) is 24.4 Å². The Labute approximate surface area is 105 Å². The molecule has 2 rings (SSSR count). The zero-order valence-corrected chi connectivity index (χ0v) is 10.3. The van der Waals surface area contributed by atoms with Crippen molar-refractivity contribution in [3.05, 3.63) is 35.1 Å². The number of thiocarbonyl (C=S) groups is 1. The lowest BCUT2D eigenvalue weighted by molar-refractivity contribution is 0.0337. The number of rotatable bonds is 3. The predicted octanol–water partition coefficient (Wildman–Crippen LogP) is 1.29. The molecule has 0 bridgehead atoms. The molecule has 3 nitrogen and oxygen atoms in total. The van der Waals surface area contributed by atoms with Crippen molar-refractivity contribution in [1.29, 1.82) is 0 Å². The molecule has 0 aromatic heterocycles. The number of benzene rings is 1. The van der Waals surface area contributed by atoms with Gasteiger partial charge < -0.3 is 10.5 Å². The minimum Gasteiger partial charge on any atom is -0.389 e. The van der Waals surface area contributed by atoms with Crippen molar-refractivity contribution >= 4 is 17.2 Å². The molecule has 0 radical (unpaired) electrons. The monoisotopic (exact) mass is 254 g/mol. The maximum absolute atomic E-state index is 14.1. The van der Waals surface area contributed by atoms with Crippen molar-refractivity contribution in [2.24, 2.45) is 5.73 Å². The van der Waals surface area contributed by atoms with Gasteiger partial charge in [0, 0.05) is 30.8 Å². The van der Waals surface area contributed by atoms with E-state index in [2.05, 4.69) is 4.90 Å². The third-order valence-corrected chi connectivity index (χ3v) is 3.06. The first kappa shape index (κ1) is 12.4. The highest BCUT2D eigenvalue weighted by atomic mass is 32.1. The summed E-state index contributed by atoms with van der Waals surface area (Å²) in [6.07, 6.45) is 0. The molecule has 0 aliphatic carbocycles. The first-order chi connectivity index (χ1) is 8.18. The van der Waals surface area contributed by atoms with Crippen molar-refractivity contribution in [3.8, 4) is 0 Å². The first-order valence-electron chi connectivity index (χ1n) is 5.56. The van der Waals surface area contributed by atoms with Gasteiger partial charge in [0.2, 0.25) is 0 Å². The topological polar surface area (TPSA) is 38.5 Å². The summed E-state index contributed by atoms with van der Waals surface area (Å²) in [4.78, 5) is 2.26. The zero-order chi connectivity index (χ0) is 12.3. The molecule has 0 atom stereocenters. The van der Waals surface area contributed by atoms with Crippen LogP contribution in [-0.2, 0) is 11.3 Å². The smallest absolute Gasteiger partial charge is 0.137 e. The van der Waals surface area contributed by atoms with Crippen molar-refractivity contribution in [3.63, 3.8) is 0 Å². The molecular weight excluding hydrogens is 239 g/mol. The molecular formula is C12H15FN2OS. The maximum atomic E-state index is 14.1. The van der Waals surface area contributed by atoms with Gasteiger partial charge in [-0.2, -0.15) is 0 Å². The Balaban J connectivity index is 2.15. The summed E-state index contributed by atoms with van der Waals surface area (Å²) < 4.78 is 19.3. The van der Waals surface area contributed by atoms with Crippen LogP contribution >= 0.6 is 12.2 Å². The predicted molar refractivity (Wildman–Crippen MR) is 68.4 cm³/mol. The second kappa shape index (κ2) is 5.53. The molecule has 2 N–H and O–H groups in total. The van der Waals surface area contributed by atoms with E-state index in [1.165, 1.54) is 0 Å². The Morgan fingerprint density at radius 3 is 2.76 bits per heavy atom. The van der Waals surface area contributed by atoms with Crippen LogP contribution in [0.5, 0.6) is 0 Å². The highest BCUT2D eigenvalue weighted by molar-refractivity contribution is 7.80. The number of halogens is 1. The fourth-order valence-electron chi connectivity index (χ4n) is 1.89. The number of morpholine rings is 1. The molecule has 0 unspecified atom stereocenters. The molecule has 1 fully saturated rings. The van der Waals surface area contributed by atoms with Crippen molar-refractivity contribution in [2.75, 3.05) is 26.3 Å². The van der Waals surface area contributed by atoms with Crippen LogP contribution in [-0.4, -0.2) is 36.2 Å². The van der Waals surface area contributed by atoms with Crippen molar-refractivity contribution < 1.29 is 9.13 Å². The van der Waals surface area contributed by atoms with E-state index in [-0.39, 0.29) is 10.8 Å². The van der Waals surface area contributed by atoms with E-state index in [1.54, 1.807) is 18.2 Å². The van der Waals surface area contributed by atoms with Crippen LogP contribution in [0.3, 0.4) is 0 Å². The van der Waals surface area contributed by atoms with Crippen molar-refractivity contribution in [1.82, 2.24) is 4.90 Å². The second-order valence-corrected chi connectivity index (χ2v) is 4.47. The van der Waals surface area contributed by atoms with Crippen LogP contribution in [0, 0.1) is 5.82 Å². The van der Waals surface area contributed by atoms with Gasteiger partial charge in [0.05, 0.1) is 13.2 Å². The van der Waals surface area contributed by atoms with Crippen LogP contribution in [0.2, 0.25) is 0 Å². The van der Waals surface area contributed by atoms with E-state index in [1.807, 2.05) is 0 Å². The third-order valence-electron chi connectivity index (χ3n) is 2.84. The lowest BCUT2D eigenvalue weighted by atomic mass is 10.1. The van der Waals surface area contributed by atoms with E-state index < -0.39 is 0 Å². The summed E-state index contributed by atoms with van der Waals surface area (Å²) in [5.74, 6) is -0.300. The van der Waals surface area contributed by atoms with Crippen LogP contribution in [0.4, 0.5) is 4.39 Å². The van der Waals surface area contributed by atoms with Gasteiger partial charge >= 0.3 is 0 Å². The summed E-state index contributed by atoms with van der Waals surface area (Å²) in [7, 11) is 0. The standard InChI is InChI=1S/C12H15FN2OS/c13-11-9(2-1-3-10(11)12(14)17)8-15-4-6-16-7-5-15/h1-3H,4-8H2,(H2,14,17). The van der Waals surface area contributed by atoms with E-state index in [0.29, 0.717) is 30.9 Å².